The summed E-state index contributed by atoms with van der Waals surface area (Å²) in [6.45, 7) is 0. The highest BCUT2D eigenvalue weighted by molar-refractivity contribution is 6.33. The van der Waals surface area contributed by atoms with Gasteiger partial charge in [-0.25, -0.2) is 9.97 Å². The SMILES string of the molecule is Clc1ccccc1-c1nc2c(c(Nc3n[nH]c4ccccc34)n1)CCC2. The van der Waals surface area contributed by atoms with Gasteiger partial charge in [-0.2, -0.15) is 5.10 Å². The van der Waals surface area contributed by atoms with Gasteiger partial charge in [0, 0.05) is 22.2 Å². The Balaban J connectivity index is 1.63. The average molecular weight is 362 g/mol. The van der Waals surface area contributed by atoms with E-state index in [4.69, 9.17) is 21.6 Å². The molecular formula is C20H16ClN5. The number of rotatable bonds is 3. The number of halogens is 1. The van der Waals surface area contributed by atoms with Crippen molar-refractivity contribution in [3.8, 4) is 11.4 Å². The van der Waals surface area contributed by atoms with Gasteiger partial charge in [-0.1, -0.05) is 35.9 Å². The first-order valence-corrected chi connectivity index (χ1v) is 9.02. The van der Waals surface area contributed by atoms with Crippen LogP contribution in [0, 0.1) is 0 Å². The molecule has 5 nitrogen and oxygen atoms in total. The van der Waals surface area contributed by atoms with E-state index in [0.717, 1.165) is 53.1 Å². The highest BCUT2D eigenvalue weighted by atomic mass is 35.5. The third-order valence-corrected chi connectivity index (χ3v) is 5.08. The van der Waals surface area contributed by atoms with E-state index in [9.17, 15) is 0 Å². The molecule has 0 unspecified atom stereocenters. The minimum atomic E-state index is 0.651. The van der Waals surface area contributed by atoms with Gasteiger partial charge >= 0.3 is 0 Å². The molecule has 6 heteroatoms. The molecule has 2 N–H and O–H groups in total. The number of fused-ring (bicyclic) bond motifs is 2. The van der Waals surface area contributed by atoms with Crippen molar-refractivity contribution in [3.05, 3.63) is 64.8 Å². The van der Waals surface area contributed by atoms with Gasteiger partial charge in [0.25, 0.3) is 0 Å². The lowest BCUT2D eigenvalue weighted by Gasteiger charge is -2.12. The van der Waals surface area contributed by atoms with Crippen LogP contribution >= 0.6 is 11.6 Å². The van der Waals surface area contributed by atoms with Crippen molar-refractivity contribution in [2.24, 2.45) is 0 Å². The topological polar surface area (TPSA) is 66.5 Å². The lowest BCUT2D eigenvalue weighted by Crippen LogP contribution is -2.04. The summed E-state index contributed by atoms with van der Waals surface area (Å²) >= 11 is 6.37. The van der Waals surface area contributed by atoms with E-state index >= 15 is 0 Å². The van der Waals surface area contributed by atoms with Gasteiger partial charge < -0.3 is 5.32 Å². The molecule has 2 heterocycles. The molecule has 5 rings (SSSR count). The zero-order valence-electron chi connectivity index (χ0n) is 14.0. The van der Waals surface area contributed by atoms with Crippen molar-refractivity contribution in [1.29, 1.82) is 0 Å². The van der Waals surface area contributed by atoms with Gasteiger partial charge in [-0.05, 0) is 43.5 Å². The Morgan fingerprint density at radius 3 is 2.69 bits per heavy atom. The normalized spacial score (nSPS) is 13.1. The molecule has 0 spiro atoms. The predicted octanol–water partition coefficient (Wildman–Crippen LogP) is 4.91. The molecule has 2 aromatic heterocycles. The summed E-state index contributed by atoms with van der Waals surface area (Å²) in [6.07, 6.45) is 3.03. The quantitative estimate of drug-likeness (QED) is 0.544. The van der Waals surface area contributed by atoms with Crippen LogP contribution in [-0.2, 0) is 12.8 Å². The fraction of sp³-hybridized carbons (Fsp3) is 0.150. The van der Waals surface area contributed by atoms with Gasteiger partial charge in [0.2, 0.25) is 0 Å². The smallest absolute Gasteiger partial charge is 0.163 e. The minimum Gasteiger partial charge on any atom is -0.323 e. The van der Waals surface area contributed by atoms with Crippen LogP contribution in [0.5, 0.6) is 0 Å². The van der Waals surface area contributed by atoms with Gasteiger partial charge in [-0.3, -0.25) is 5.10 Å². The van der Waals surface area contributed by atoms with E-state index in [1.807, 2.05) is 48.5 Å². The molecule has 0 atom stereocenters. The van der Waals surface area contributed by atoms with Crippen molar-refractivity contribution in [1.82, 2.24) is 20.2 Å². The maximum Gasteiger partial charge on any atom is 0.163 e. The molecule has 0 amide bonds. The van der Waals surface area contributed by atoms with E-state index in [2.05, 4.69) is 15.5 Å². The van der Waals surface area contributed by atoms with Crippen LogP contribution in [0.3, 0.4) is 0 Å². The third-order valence-electron chi connectivity index (χ3n) is 4.76. The molecule has 1 aliphatic carbocycles. The van der Waals surface area contributed by atoms with Crippen LogP contribution in [0.2, 0.25) is 5.02 Å². The highest BCUT2D eigenvalue weighted by Gasteiger charge is 2.21. The number of aromatic amines is 1. The zero-order chi connectivity index (χ0) is 17.5. The van der Waals surface area contributed by atoms with Crippen LogP contribution in [0.1, 0.15) is 17.7 Å². The Bertz CT molecular complexity index is 1120. The molecule has 2 aromatic carbocycles. The standard InChI is InChI=1S/C20H16ClN5/c21-15-9-3-1-6-12(15)18-22-16-11-5-8-13(16)19(23-18)24-20-14-7-2-4-10-17(14)25-26-20/h1-4,6-7,9-10H,5,8,11H2,(H2,22,23,24,25,26). The fourth-order valence-corrected chi connectivity index (χ4v) is 3.69. The molecule has 1 aliphatic rings. The van der Waals surface area contributed by atoms with E-state index in [-0.39, 0.29) is 0 Å². The summed E-state index contributed by atoms with van der Waals surface area (Å²) < 4.78 is 0. The summed E-state index contributed by atoms with van der Waals surface area (Å²) in [4.78, 5) is 9.57. The van der Waals surface area contributed by atoms with E-state index in [0.29, 0.717) is 10.8 Å². The van der Waals surface area contributed by atoms with E-state index in [1.165, 1.54) is 5.56 Å². The predicted molar refractivity (Wildman–Crippen MR) is 104 cm³/mol. The Labute approximate surface area is 155 Å². The largest absolute Gasteiger partial charge is 0.323 e. The second kappa shape index (κ2) is 6.11. The van der Waals surface area contributed by atoms with Crippen LogP contribution < -0.4 is 5.32 Å². The number of para-hydroxylation sites is 1. The Morgan fingerprint density at radius 2 is 1.77 bits per heavy atom. The number of aromatic nitrogens is 4. The maximum atomic E-state index is 6.37. The average Bonchev–Trinajstić information content (AvgIpc) is 3.29. The van der Waals surface area contributed by atoms with Crippen LogP contribution in [0.15, 0.2) is 48.5 Å². The number of benzene rings is 2. The first kappa shape index (κ1) is 15.3. The lowest BCUT2D eigenvalue weighted by atomic mass is 10.1. The maximum absolute atomic E-state index is 6.37. The molecule has 0 saturated carbocycles. The second-order valence-electron chi connectivity index (χ2n) is 6.40. The summed E-state index contributed by atoms with van der Waals surface area (Å²) in [6, 6.07) is 15.7. The Kier molecular flexibility index (Phi) is 3.60. The molecule has 0 fully saturated rings. The van der Waals surface area contributed by atoms with Gasteiger partial charge in [0.05, 0.1) is 10.5 Å². The second-order valence-corrected chi connectivity index (χ2v) is 6.80. The number of hydrogen-bond acceptors (Lipinski definition) is 4. The van der Waals surface area contributed by atoms with Crippen molar-refractivity contribution in [2.75, 3.05) is 5.32 Å². The summed E-state index contributed by atoms with van der Waals surface area (Å²) in [5.41, 5.74) is 4.11. The zero-order valence-corrected chi connectivity index (χ0v) is 14.7. The molecular weight excluding hydrogens is 346 g/mol. The van der Waals surface area contributed by atoms with Crippen molar-refractivity contribution < 1.29 is 0 Å². The number of aryl methyl sites for hydroxylation is 1. The number of H-pyrrole nitrogens is 1. The fourth-order valence-electron chi connectivity index (χ4n) is 3.47. The van der Waals surface area contributed by atoms with Gasteiger partial charge in [0.15, 0.2) is 11.6 Å². The van der Waals surface area contributed by atoms with Crippen LogP contribution in [-0.4, -0.2) is 20.2 Å². The molecule has 4 aromatic rings. The molecule has 0 aliphatic heterocycles. The molecule has 0 radical (unpaired) electrons. The number of hydrogen-bond donors (Lipinski definition) is 2. The van der Waals surface area contributed by atoms with Crippen molar-refractivity contribution in [2.45, 2.75) is 19.3 Å². The third kappa shape index (κ3) is 2.52. The summed E-state index contributed by atoms with van der Waals surface area (Å²) in [5.74, 6) is 2.25. The summed E-state index contributed by atoms with van der Waals surface area (Å²) in [5, 5.41) is 12.6. The van der Waals surface area contributed by atoms with Crippen molar-refractivity contribution >= 4 is 34.1 Å². The number of nitrogens with zero attached hydrogens (tertiary/aromatic N) is 3. The van der Waals surface area contributed by atoms with E-state index in [1.54, 1.807) is 0 Å². The first-order valence-electron chi connectivity index (χ1n) is 8.64. The molecule has 0 saturated heterocycles. The molecule has 26 heavy (non-hydrogen) atoms. The number of nitrogens with one attached hydrogen (secondary N) is 2. The first-order chi connectivity index (χ1) is 12.8. The van der Waals surface area contributed by atoms with Gasteiger partial charge in [-0.15, -0.1) is 0 Å². The Morgan fingerprint density at radius 1 is 0.923 bits per heavy atom. The monoisotopic (exact) mass is 361 g/mol. The molecule has 0 bridgehead atoms. The lowest BCUT2D eigenvalue weighted by molar-refractivity contribution is 0.900. The van der Waals surface area contributed by atoms with Crippen molar-refractivity contribution in [3.63, 3.8) is 0 Å². The van der Waals surface area contributed by atoms with E-state index < -0.39 is 0 Å². The van der Waals surface area contributed by atoms with Crippen LogP contribution in [0.25, 0.3) is 22.3 Å². The van der Waals surface area contributed by atoms with Gasteiger partial charge in [0.1, 0.15) is 5.82 Å². The Hall–Kier alpha value is -2.92. The summed E-state index contributed by atoms with van der Waals surface area (Å²) in [7, 11) is 0. The molecule has 128 valence electrons. The number of anilines is 2. The minimum absolute atomic E-state index is 0.651. The van der Waals surface area contributed by atoms with Crippen LogP contribution in [0.4, 0.5) is 11.6 Å². The highest BCUT2D eigenvalue weighted by Crippen LogP contribution is 2.33.